The Hall–Kier alpha value is -2.74. The Morgan fingerprint density at radius 3 is 2.86 bits per heavy atom. The minimum absolute atomic E-state index is 0.0398. The quantitative estimate of drug-likeness (QED) is 0.697. The number of hydrogen-bond acceptors (Lipinski definition) is 7. The normalized spacial score (nSPS) is 13.1. The molecule has 2 N–H and O–H groups in total. The highest BCUT2D eigenvalue weighted by Gasteiger charge is 2.23. The summed E-state index contributed by atoms with van der Waals surface area (Å²) in [5, 5.41) is 12.7. The minimum Gasteiger partial charge on any atom is -0.490 e. The van der Waals surface area contributed by atoms with E-state index in [1.165, 1.54) is 0 Å². The van der Waals surface area contributed by atoms with Crippen molar-refractivity contribution >= 4 is 11.7 Å². The molecule has 2 heterocycles. The van der Waals surface area contributed by atoms with E-state index in [2.05, 4.69) is 10.3 Å². The number of likely N-dealkylation sites (N-methyl/N-ethyl adjacent to an activating group) is 2. The van der Waals surface area contributed by atoms with E-state index in [4.69, 9.17) is 14.7 Å². The van der Waals surface area contributed by atoms with Crippen molar-refractivity contribution in [1.29, 1.82) is 0 Å². The fraction of sp³-hybridized carbons (Fsp3) is 0.524. The monoisotopic (exact) mass is 399 g/mol. The van der Waals surface area contributed by atoms with Gasteiger partial charge in [0, 0.05) is 37.1 Å². The Bertz CT molecular complexity index is 879. The number of carbonyl (C=O) groups is 1. The highest BCUT2D eigenvalue weighted by molar-refractivity contribution is 5.81. The molecule has 8 heteroatoms. The zero-order chi connectivity index (χ0) is 21.0. The fourth-order valence-electron chi connectivity index (χ4n) is 3.27. The Morgan fingerprint density at radius 1 is 1.34 bits per heavy atom. The van der Waals surface area contributed by atoms with Crippen molar-refractivity contribution in [2.75, 3.05) is 31.6 Å². The molecule has 8 nitrogen and oxygen atoms in total. The summed E-state index contributed by atoms with van der Waals surface area (Å²) in [6.07, 6.45) is 4.47. The molecule has 0 spiro atoms. The average Bonchev–Trinajstić information content (AvgIpc) is 3.14. The number of carbonyl (C=O) groups excluding carboxylic acids is 1. The lowest BCUT2D eigenvalue weighted by atomic mass is 10.2. The number of anilines is 1. The van der Waals surface area contributed by atoms with Crippen molar-refractivity contribution in [3.8, 4) is 17.3 Å². The molecule has 0 saturated carbocycles. The van der Waals surface area contributed by atoms with E-state index in [1.807, 2.05) is 18.9 Å². The van der Waals surface area contributed by atoms with Crippen molar-refractivity contribution in [3.63, 3.8) is 0 Å². The summed E-state index contributed by atoms with van der Waals surface area (Å²) < 4.78 is 5.67. The molecule has 0 saturated heterocycles. The molecule has 1 aliphatic rings. The number of fused-ring (bicyclic) bond motifs is 1. The van der Waals surface area contributed by atoms with Crippen molar-refractivity contribution < 1.29 is 14.6 Å². The fourth-order valence-corrected chi connectivity index (χ4v) is 3.27. The third-order valence-electron chi connectivity index (χ3n) is 4.58. The number of aliphatic hydroxyl groups is 1. The zero-order valence-electron chi connectivity index (χ0n) is 17.5. The molecule has 3 rings (SSSR count). The number of amides is 1. The van der Waals surface area contributed by atoms with Crippen LogP contribution in [0.25, 0.3) is 11.5 Å². The van der Waals surface area contributed by atoms with Gasteiger partial charge in [-0.2, -0.15) is 0 Å². The lowest BCUT2D eigenvalue weighted by Gasteiger charge is -2.21. The molecule has 0 aromatic carbocycles. The molecule has 2 aromatic rings. The maximum atomic E-state index is 12.0. The smallest absolute Gasteiger partial charge is 0.239 e. The second-order valence-corrected chi connectivity index (χ2v) is 7.94. The van der Waals surface area contributed by atoms with Crippen LogP contribution in [0.2, 0.25) is 0 Å². The second kappa shape index (κ2) is 8.73. The summed E-state index contributed by atoms with van der Waals surface area (Å²) in [5.74, 6) is 1.84. The number of nitrogens with zero attached hydrogens (tertiary/aromatic N) is 4. The van der Waals surface area contributed by atoms with Gasteiger partial charge < -0.3 is 20.1 Å². The van der Waals surface area contributed by atoms with Gasteiger partial charge in [0.25, 0.3) is 0 Å². The lowest BCUT2D eigenvalue weighted by Crippen LogP contribution is -2.35. The molecule has 2 aromatic heterocycles. The Balaban J connectivity index is 1.90. The van der Waals surface area contributed by atoms with Crippen molar-refractivity contribution in [2.24, 2.45) is 0 Å². The highest BCUT2D eigenvalue weighted by Crippen LogP contribution is 2.31. The van der Waals surface area contributed by atoms with Gasteiger partial charge in [-0.25, -0.2) is 9.97 Å². The minimum atomic E-state index is -0.928. The molecule has 0 bridgehead atoms. The number of nitrogens with one attached hydrogen (secondary N) is 1. The van der Waals surface area contributed by atoms with Gasteiger partial charge in [-0.1, -0.05) is 0 Å². The number of aromatic nitrogens is 3. The van der Waals surface area contributed by atoms with Crippen LogP contribution in [0.3, 0.4) is 0 Å². The average molecular weight is 399 g/mol. The molecular formula is C21H29N5O3. The Morgan fingerprint density at radius 2 is 2.14 bits per heavy atom. The first-order chi connectivity index (χ1) is 13.8. The van der Waals surface area contributed by atoms with Gasteiger partial charge in [-0.3, -0.25) is 9.78 Å². The van der Waals surface area contributed by atoms with E-state index >= 15 is 0 Å². The summed E-state index contributed by atoms with van der Waals surface area (Å²) >= 11 is 0. The van der Waals surface area contributed by atoms with Crippen molar-refractivity contribution in [3.05, 3.63) is 29.6 Å². The first-order valence-corrected chi connectivity index (χ1v) is 9.96. The third-order valence-corrected chi connectivity index (χ3v) is 4.58. The highest BCUT2D eigenvalue weighted by atomic mass is 16.5. The predicted octanol–water partition coefficient (Wildman–Crippen LogP) is 1.75. The molecular weight excluding hydrogens is 370 g/mol. The van der Waals surface area contributed by atoms with Gasteiger partial charge in [0.1, 0.15) is 23.9 Å². The molecule has 0 atom stereocenters. The van der Waals surface area contributed by atoms with E-state index in [1.54, 1.807) is 32.2 Å². The topological polar surface area (TPSA) is 100 Å². The summed E-state index contributed by atoms with van der Waals surface area (Å²) in [7, 11) is 1.87. The molecule has 0 radical (unpaired) electrons. The van der Waals surface area contributed by atoms with Crippen molar-refractivity contribution in [2.45, 2.75) is 45.6 Å². The van der Waals surface area contributed by atoms with E-state index in [9.17, 15) is 9.90 Å². The van der Waals surface area contributed by atoms with Gasteiger partial charge >= 0.3 is 0 Å². The van der Waals surface area contributed by atoms with Crippen LogP contribution in [0.4, 0.5) is 5.82 Å². The van der Waals surface area contributed by atoms with Crippen LogP contribution >= 0.6 is 0 Å². The summed E-state index contributed by atoms with van der Waals surface area (Å²) in [6, 6.07) is 3.51. The molecule has 0 aliphatic heterocycles. The maximum absolute atomic E-state index is 12.0. The summed E-state index contributed by atoms with van der Waals surface area (Å²) in [6.45, 7) is 6.28. The van der Waals surface area contributed by atoms with E-state index in [0.29, 0.717) is 23.8 Å². The number of rotatable bonds is 8. The summed E-state index contributed by atoms with van der Waals surface area (Å²) in [5.41, 5.74) is 1.79. The predicted molar refractivity (Wildman–Crippen MR) is 111 cm³/mol. The van der Waals surface area contributed by atoms with Crippen LogP contribution in [0.5, 0.6) is 5.75 Å². The Kier molecular flexibility index (Phi) is 6.32. The SMILES string of the molecule is CCNC(=O)CN(C)c1nc(-c2cc(OCC(C)(C)O)ccn2)nc2c1CCC2. The third kappa shape index (κ3) is 5.41. The lowest BCUT2D eigenvalue weighted by molar-refractivity contribution is -0.119. The number of ether oxygens (including phenoxy) is 1. The van der Waals surface area contributed by atoms with Crippen LogP contribution in [0, 0.1) is 0 Å². The zero-order valence-corrected chi connectivity index (χ0v) is 17.5. The largest absolute Gasteiger partial charge is 0.490 e. The Labute approximate surface area is 171 Å². The van der Waals surface area contributed by atoms with Crippen LogP contribution in [-0.2, 0) is 17.6 Å². The second-order valence-electron chi connectivity index (χ2n) is 7.94. The molecule has 29 heavy (non-hydrogen) atoms. The van der Waals surface area contributed by atoms with Gasteiger partial charge in [-0.15, -0.1) is 0 Å². The van der Waals surface area contributed by atoms with E-state index < -0.39 is 5.60 Å². The molecule has 1 aliphatic carbocycles. The van der Waals surface area contributed by atoms with Crippen LogP contribution < -0.4 is 15.0 Å². The van der Waals surface area contributed by atoms with E-state index in [-0.39, 0.29) is 19.1 Å². The van der Waals surface area contributed by atoms with Crippen LogP contribution in [-0.4, -0.2) is 58.3 Å². The molecule has 0 fully saturated rings. The first kappa shape index (κ1) is 21.0. The van der Waals surface area contributed by atoms with Crippen LogP contribution in [0.15, 0.2) is 18.3 Å². The van der Waals surface area contributed by atoms with Gasteiger partial charge in [0.05, 0.1) is 12.1 Å². The van der Waals surface area contributed by atoms with Gasteiger partial charge in [0.2, 0.25) is 5.91 Å². The van der Waals surface area contributed by atoms with Crippen LogP contribution in [0.1, 0.15) is 38.4 Å². The maximum Gasteiger partial charge on any atom is 0.239 e. The number of pyridine rings is 1. The van der Waals surface area contributed by atoms with Gasteiger partial charge in [-0.05, 0) is 46.1 Å². The molecule has 1 amide bonds. The summed E-state index contributed by atoms with van der Waals surface area (Å²) in [4.78, 5) is 27.8. The first-order valence-electron chi connectivity index (χ1n) is 9.96. The molecule has 156 valence electrons. The van der Waals surface area contributed by atoms with Gasteiger partial charge in [0.15, 0.2) is 5.82 Å². The standard InChI is InChI=1S/C21H29N5O3/c1-5-22-18(27)12-26(4)20-15-7-6-8-16(15)24-19(25-20)17-11-14(9-10-23-17)29-13-21(2,3)28/h9-11,28H,5-8,12-13H2,1-4H3,(H,22,27). The van der Waals surface area contributed by atoms with E-state index in [0.717, 1.165) is 36.3 Å². The van der Waals surface area contributed by atoms with Crippen molar-refractivity contribution in [1.82, 2.24) is 20.3 Å². The molecule has 0 unspecified atom stereocenters. The number of aryl methyl sites for hydroxylation is 1. The number of hydrogen-bond donors (Lipinski definition) is 2.